The average Bonchev–Trinajstić information content (AvgIpc) is 2.88. The topological polar surface area (TPSA) is 103 Å². The number of benzene rings is 1. The van der Waals surface area contributed by atoms with Gasteiger partial charge in [-0.05, 0) is 32.0 Å². The Morgan fingerprint density at radius 3 is 2.40 bits per heavy atom. The number of piperazine rings is 1. The highest BCUT2D eigenvalue weighted by atomic mass is 19.4. The summed E-state index contributed by atoms with van der Waals surface area (Å²) in [7, 11) is 0. The number of halogens is 6. The maximum atomic E-state index is 13.2. The molecular formula is C25H24F6N6O3. The Kier molecular flexibility index (Phi) is 7.93. The first-order valence-corrected chi connectivity index (χ1v) is 12.0. The van der Waals surface area contributed by atoms with Crippen molar-refractivity contribution in [2.75, 3.05) is 29.9 Å². The molecule has 214 valence electrons. The number of hydrogen-bond acceptors (Lipinski definition) is 6. The molecule has 40 heavy (non-hydrogen) atoms. The molecule has 0 radical (unpaired) electrons. The summed E-state index contributed by atoms with van der Waals surface area (Å²) in [4.78, 5) is 37.6. The van der Waals surface area contributed by atoms with Gasteiger partial charge in [-0.25, -0.2) is 14.8 Å². The predicted octanol–water partition coefficient (Wildman–Crippen LogP) is 5.09. The largest absolute Gasteiger partial charge is 0.484 e. The Bertz CT molecular complexity index is 1410. The quantitative estimate of drug-likeness (QED) is 0.415. The van der Waals surface area contributed by atoms with Crippen molar-refractivity contribution in [3.63, 3.8) is 0 Å². The summed E-state index contributed by atoms with van der Waals surface area (Å²) in [5, 5.41) is 2.74. The van der Waals surface area contributed by atoms with E-state index in [1.54, 1.807) is 30.0 Å². The molecular weight excluding hydrogens is 546 g/mol. The second kappa shape index (κ2) is 11.1. The Balaban J connectivity index is 1.42. The van der Waals surface area contributed by atoms with Crippen molar-refractivity contribution in [1.29, 1.82) is 0 Å². The summed E-state index contributed by atoms with van der Waals surface area (Å²) in [5.74, 6) is 0.302. The summed E-state index contributed by atoms with van der Waals surface area (Å²) in [6.45, 7) is 4.01. The highest BCUT2D eigenvalue weighted by molar-refractivity contribution is 5.91. The molecule has 1 saturated heterocycles. The van der Waals surface area contributed by atoms with E-state index in [1.807, 2.05) is 0 Å². The summed E-state index contributed by atoms with van der Waals surface area (Å²) in [6.07, 6.45) is -7.75. The number of nitrogens with one attached hydrogen (secondary N) is 2. The molecule has 9 nitrogen and oxygen atoms in total. The standard InChI is InChI=1S/C25H24F6N6O3/c1-14-13-36(22-33-11-17(12-34-22)24(26,27)28)7-8-37(14)23(39)35-19-5-3-4-6-20(19)40-15(2)16-9-18(25(29,30)31)21(38)32-10-16/h3-6,9-12,14-15H,7-8,13H2,1-2H3,(H,32,38)(H,35,39)/t14-,15?/m0/s1. The minimum absolute atomic E-state index is 0.0725. The lowest BCUT2D eigenvalue weighted by molar-refractivity contribution is -0.139. The van der Waals surface area contributed by atoms with Gasteiger partial charge in [0, 0.05) is 49.8 Å². The molecule has 1 aliphatic heterocycles. The lowest BCUT2D eigenvalue weighted by Crippen LogP contribution is -2.55. The van der Waals surface area contributed by atoms with E-state index in [9.17, 15) is 35.9 Å². The van der Waals surface area contributed by atoms with Crippen molar-refractivity contribution in [3.8, 4) is 5.75 Å². The minimum Gasteiger partial charge on any atom is -0.484 e. The predicted molar refractivity (Wildman–Crippen MR) is 132 cm³/mol. The van der Waals surface area contributed by atoms with Gasteiger partial charge >= 0.3 is 18.4 Å². The van der Waals surface area contributed by atoms with E-state index < -0.39 is 41.2 Å². The van der Waals surface area contributed by atoms with E-state index in [0.29, 0.717) is 18.5 Å². The number of pyridine rings is 1. The molecule has 3 heterocycles. The van der Waals surface area contributed by atoms with Crippen LogP contribution in [0.3, 0.4) is 0 Å². The van der Waals surface area contributed by atoms with Crippen LogP contribution in [0.5, 0.6) is 5.75 Å². The second-order valence-corrected chi connectivity index (χ2v) is 9.12. The van der Waals surface area contributed by atoms with E-state index in [2.05, 4.69) is 20.3 Å². The molecule has 15 heteroatoms. The number of nitrogens with zero attached hydrogens (tertiary/aromatic N) is 4. The average molecular weight is 570 g/mol. The normalized spacial score (nSPS) is 16.9. The van der Waals surface area contributed by atoms with E-state index in [1.165, 1.54) is 17.9 Å². The number of carbonyl (C=O) groups is 1. The Morgan fingerprint density at radius 2 is 1.77 bits per heavy atom. The van der Waals surface area contributed by atoms with Gasteiger partial charge in [0.05, 0.1) is 11.3 Å². The van der Waals surface area contributed by atoms with Crippen molar-refractivity contribution in [1.82, 2.24) is 19.9 Å². The molecule has 1 unspecified atom stereocenters. The van der Waals surface area contributed by atoms with Crippen LogP contribution >= 0.6 is 0 Å². The molecule has 2 aromatic heterocycles. The van der Waals surface area contributed by atoms with Crippen molar-refractivity contribution in [2.24, 2.45) is 0 Å². The van der Waals surface area contributed by atoms with Gasteiger partial charge < -0.3 is 24.8 Å². The lowest BCUT2D eigenvalue weighted by atomic mass is 10.1. The highest BCUT2D eigenvalue weighted by Crippen LogP contribution is 2.32. The number of anilines is 2. The van der Waals surface area contributed by atoms with Gasteiger partial charge in [-0.15, -0.1) is 0 Å². The fourth-order valence-corrected chi connectivity index (χ4v) is 4.14. The molecule has 1 aromatic carbocycles. The van der Waals surface area contributed by atoms with E-state index >= 15 is 0 Å². The third kappa shape index (κ3) is 6.46. The molecule has 0 spiro atoms. The molecule has 1 aliphatic rings. The number of H-pyrrole nitrogens is 1. The molecule has 3 aromatic rings. The van der Waals surface area contributed by atoms with Gasteiger partial charge in [-0.1, -0.05) is 12.1 Å². The number of alkyl halides is 6. The molecule has 0 saturated carbocycles. The van der Waals surface area contributed by atoms with Crippen LogP contribution in [0.25, 0.3) is 0 Å². The maximum absolute atomic E-state index is 13.2. The number of carbonyl (C=O) groups excluding carboxylic acids is 1. The van der Waals surface area contributed by atoms with Gasteiger partial charge in [0.1, 0.15) is 17.4 Å². The minimum atomic E-state index is -4.84. The second-order valence-electron chi connectivity index (χ2n) is 9.12. The van der Waals surface area contributed by atoms with Crippen LogP contribution in [0, 0.1) is 0 Å². The first kappa shape index (κ1) is 28.7. The number of para-hydroxylation sites is 2. The number of ether oxygens (including phenoxy) is 1. The third-order valence-corrected chi connectivity index (χ3v) is 6.27. The van der Waals surface area contributed by atoms with Crippen LogP contribution in [0.4, 0.5) is 42.8 Å². The van der Waals surface area contributed by atoms with Crippen molar-refractivity contribution in [3.05, 3.63) is 76.0 Å². The number of hydrogen-bond donors (Lipinski definition) is 2. The van der Waals surface area contributed by atoms with Crippen LogP contribution in [0.15, 0.2) is 53.7 Å². The van der Waals surface area contributed by atoms with E-state index in [0.717, 1.165) is 6.20 Å². The summed E-state index contributed by atoms with van der Waals surface area (Å²) in [6, 6.07) is 6.22. The summed E-state index contributed by atoms with van der Waals surface area (Å²) >= 11 is 0. The molecule has 0 aliphatic carbocycles. The first-order valence-electron chi connectivity index (χ1n) is 12.0. The molecule has 0 bridgehead atoms. The zero-order valence-electron chi connectivity index (χ0n) is 21.2. The van der Waals surface area contributed by atoms with E-state index in [4.69, 9.17) is 4.74 Å². The van der Waals surface area contributed by atoms with Crippen LogP contribution < -0.4 is 20.5 Å². The van der Waals surface area contributed by atoms with Gasteiger partial charge in [0.15, 0.2) is 0 Å². The van der Waals surface area contributed by atoms with Crippen LogP contribution in [0.2, 0.25) is 0 Å². The van der Waals surface area contributed by atoms with Crippen molar-refractivity contribution in [2.45, 2.75) is 38.3 Å². The van der Waals surface area contributed by atoms with Crippen LogP contribution in [-0.4, -0.2) is 51.6 Å². The molecule has 4 rings (SSSR count). The van der Waals surface area contributed by atoms with Crippen LogP contribution in [-0.2, 0) is 12.4 Å². The summed E-state index contributed by atoms with van der Waals surface area (Å²) in [5.41, 5.74) is -3.24. The number of amides is 2. The molecule has 2 amide bonds. The third-order valence-electron chi connectivity index (χ3n) is 6.27. The number of aromatic nitrogens is 3. The van der Waals surface area contributed by atoms with Gasteiger partial charge in [-0.3, -0.25) is 4.79 Å². The van der Waals surface area contributed by atoms with E-state index in [-0.39, 0.29) is 48.6 Å². The maximum Gasteiger partial charge on any atom is 0.421 e. The molecule has 1 fully saturated rings. The Labute approximate surface area is 223 Å². The fourth-order valence-electron chi connectivity index (χ4n) is 4.14. The molecule has 2 atom stereocenters. The van der Waals surface area contributed by atoms with Gasteiger partial charge in [0.2, 0.25) is 5.95 Å². The van der Waals surface area contributed by atoms with Crippen LogP contribution in [0.1, 0.15) is 36.6 Å². The van der Waals surface area contributed by atoms with Crippen molar-refractivity contribution >= 4 is 17.7 Å². The number of urea groups is 1. The Morgan fingerprint density at radius 1 is 1.10 bits per heavy atom. The smallest absolute Gasteiger partial charge is 0.421 e. The molecule has 2 N–H and O–H groups in total. The fraction of sp³-hybridized carbons (Fsp3) is 0.360. The highest BCUT2D eigenvalue weighted by Gasteiger charge is 2.35. The SMILES string of the molecule is CC(Oc1ccccc1NC(=O)N1CCN(c2ncc(C(F)(F)F)cn2)C[C@@H]1C)c1c[nH]c(=O)c(C(F)(F)F)c1. The summed E-state index contributed by atoms with van der Waals surface area (Å²) < 4.78 is 83.7. The Hall–Kier alpha value is -4.30. The number of aromatic amines is 1. The first-order chi connectivity index (χ1) is 18.7. The van der Waals surface area contributed by atoms with Gasteiger partial charge in [0.25, 0.3) is 5.56 Å². The number of rotatable bonds is 5. The van der Waals surface area contributed by atoms with Crippen molar-refractivity contribution < 1.29 is 35.9 Å². The monoisotopic (exact) mass is 570 g/mol. The zero-order chi connectivity index (χ0) is 29.2. The zero-order valence-corrected chi connectivity index (χ0v) is 21.2. The van der Waals surface area contributed by atoms with Gasteiger partial charge in [-0.2, -0.15) is 26.3 Å². The lowest BCUT2D eigenvalue weighted by Gasteiger charge is -2.39.